The summed E-state index contributed by atoms with van der Waals surface area (Å²) in [6.45, 7) is 1.44. The number of tetrazole rings is 1. The first-order valence-corrected chi connectivity index (χ1v) is 9.97. The van der Waals surface area contributed by atoms with Gasteiger partial charge in [-0.05, 0) is 43.0 Å². The second kappa shape index (κ2) is 6.54. The molecule has 0 aromatic carbocycles. The van der Waals surface area contributed by atoms with E-state index in [0.29, 0.717) is 5.82 Å². The van der Waals surface area contributed by atoms with E-state index in [4.69, 9.17) is 0 Å². The Bertz CT molecular complexity index is 662. The van der Waals surface area contributed by atoms with E-state index in [-0.39, 0.29) is 17.8 Å². The molecule has 0 bridgehead atoms. The zero-order valence-electron chi connectivity index (χ0n) is 13.3. The lowest BCUT2D eigenvalue weighted by Gasteiger charge is -2.24. The molecule has 2 aliphatic carbocycles. The molecule has 1 amide bonds. The largest absolute Gasteiger partial charge is 0.352 e. The summed E-state index contributed by atoms with van der Waals surface area (Å²) in [5, 5.41) is 13.0. The van der Waals surface area contributed by atoms with Crippen molar-refractivity contribution in [2.24, 2.45) is 0 Å². The molecule has 1 aromatic rings. The summed E-state index contributed by atoms with van der Waals surface area (Å²) in [6, 6.07) is 0.312. The third-order valence-electron chi connectivity index (χ3n) is 4.64. The van der Waals surface area contributed by atoms with Gasteiger partial charge in [0.2, 0.25) is 5.91 Å². The van der Waals surface area contributed by atoms with Gasteiger partial charge in [0.1, 0.15) is 11.0 Å². The fraction of sp³-hybridized carbons (Fsp3) is 0.857. The highest BCUT2D eigenvalue weighted by molar-refractivity contribution is 7.92. The third-order valence-corrected chi connectivity index (χ3v) is 6.60. The van der Waals surface area contributed by atoms with Crippen molar-refractivity contribution in [3.63, 3.8) is 0 Å². The molecule has 2 aliphatic rings. The van der Waals surface area contributed by atoms with E-state index < -0.39 is 21.0 Å². The fourth-order valence-electron chi connectivity index (χ4n) is 2.94. The van der Waals surface area contributed by atoms with Gasteiger partial charge in [0.25, 0.3) is 0 Å². The third kappa shape index (κ3) is 3.88. The van der Waals surface area contributed by atoms with Crippen molar-refractivity contribution in [2.45, 2.75) is 75.0 Å². The quantitative estimate of drug-likeness (QED) is 0.818. The molecule has 23 heavy (non-hydrogen) atoms. The lowest BCUT2D eigenvalue weighted by molar-refractivity contribution is -0.121. The van der Waals surface area contributed by atoms with Crippen molar-refractivity contribution in [1.82, 2.24) is 25.5 Å². The maximum atomic E-state index is 12.5. The first-order valence-electron chi connectivity index (χ1n) is 8.26. The Hall–Kier alpha value is -1.51. The summed E-state index contributed by atoms with van der Waals surface area (Å²) >= 11 is 0. The van der Waals surface area contributed by atoms with Crippen LogP contribution in [0.4, 0.5) is 0 Å². The normalized spacial score (nSPS) is 21.1. The first kappa shape index (κ1) is 16.4. The number of hydrogen-bond acceptors (Lipinski definition) is 6. The first-order chi connectivity index (χ1) is 11.0. The van der Waals surface area contributed by atoms with E-state index in [1.165, 1.54) is 13.3 Å². The molecular weight excluding hydrogens is 318 g/mol. The highest BCUT2D eigenvalue weighted by Crippen LogP contribution is 2.34. The van der Waals surface area contributed by atoms with Gasteiger partial charge in [-0.2, -0.15) is 0 Å². The van der Waals surface area contributed by atoms with Crippen LogP contribution in [0.25, 0.3) is 0 Å². The smallest absolute Gasteiger partial charge is 0.238 e. The number of amides is 1. The van der Waals surface area contributed by atoms with Crippen molar-refractivity contribution in [1.29, 1.82) is 0 Å². The topological polar surface area (TPSA) is 107 Å². The van der Waals surface area contributed by atoms with Crippen molar-refractivity contribution in [2.75, 3.05) is 0 Å². The Balaban J connectivity index is 1.63. The summed E-state index contributed by atoms with van der Waals surface area (Å²) in [6.07, 6.45) is 7.15. The summed E-state index contributed by atoms with van der Waals surface area (Å²) in [7, 11) is -3.64. The average Bonchev–Trinajstić information content (AvgIpc) is 3.27. The molecule has 2 fully saturated rings. The molecule has 0 saturated heterocycles. The molecule has 1 N–H and O–H groups in total. The van der Waals surface area contributed by atoms with E-state index in [9.17, 15) is 13.2 Å². The van der Waals surface area contributed by atoms with Crippen LogP contribution >= 0.6 is 0 Å². The summed E-state index contributed by atoms with van der Waals surface area (Å²) in [4.78, 5) is 12.3. The Labute approximate surface area is 135 Å². The van der Waals surface area contributed by atoms with Gasteiger partial charge in [0.05, 0.1) is 6.04 Å². The number of aromatic nitrogens is 4. The monoisotopic (exact) mass is 341 g/mol. The molecule has 9 heteroatoms. The Kier molecular flexibility index (Phi) is 4.65. The van der Waals surface area contributed by atoms with Crippen LogP contribution in [0.5, 0.6) is 0 Å². The van der Waals surface area contributed by atoms with E-state index in [0.717, 1.165) is 38.5 Å². The van der Waals surface area contributed by atoms with Crippen LogP contribution in [0.2, 0.25) is 0 Å². The summed E-state index contributed by atoms with van der Waals surface area (Å²) < 4.78 is 26.6. The van der Waals surface area contributed by atoms with Gasteiger partial charge in [-0.1, -0.05) is 19.3 Å². The molecule has 8 nitrogen and oxygen atoms in total. The predicted octanol–water partition coefficient (Wildman–Crippen LogP) is 0.760. The van der Waals surface area contributed by atoms with E-state index in [2.05, 4.69) is 20.8 Å². The minimum absolute atomic E-state index is 0.102. The van der Waals surface area contributed by atoms with Crippen molar-refractivity contribution < 1.29 is 13.2 Å². The van der Waals surface area contributed by atoms with Crippen LogP contribution in [0.15, 0.2) is 0 Å². The van der Waals surface area contributed by atoms with Crippen molar-refractivity contribution in [3.8, 4) is 0 Å². The molecule has 0 aliphatic heterocycles. The van der Waals surface area contributed by atoms with Gasteiger partial charge in [0.15, 0.2) is 15.7 Å². The highest BCUT2D eigenvalue weighted by Gasteiger charge is 2.34. The number of nitrogens with one attached hydrogen (secondary N) is 1. The van der Waals surface area contributed by atoms with Crippen LogP contribution in [0.1, 0.15) is 63.7 Å². The Morgan fingerprint density at radius 3 is 2.61 bits per heavy atom. The highest BCUT2D eigenvalue weighted by atomic mass is 32.2. The molecule has 3 rings (SSSR count). The van der Waals surface area contributed by atoms with Gasteiger partial charge in [-0.25, -0.2) is 13.1 Å². The zero-order chi connectivity index (χ0) is 16.4. The van der Waals surface area contributed by atoms with Crippen LogP contribution in [-0.2, 0) is 20.4 Å². The molecule has 1 heterocycles. The second-order valence-corrected chi connectivity index (χ2v) is 8.89. The van der Waals surface area contributed by atoms with E-state index in [1.807, 2.05) is 0 Å². The lowest BCUT2D eigenvalue weighted by atomic mass is 9.95. The fourth-order valence-corrected chi connectivity index (χ4v) is 4.14. The Morgan fingerprint density at radius 2 is 1.96 bits per heavy atom. The lowest BCUT2D eigenvalue weighted by Crippen LogP contribution is -2.44. The number of carbonyl (C=O) groups excluding carboxylic acids is 1. The van der Waals surface area contributed by atoms with E-state index >= 15 is 0 Å². The Morgan fingerprint density at radius 1 is 1.26 bits per heavy atom. The molecule has 2 saturated carbocycles. The second-order valence-electron chi connectivity index (χ2n) is 6.56. The van der Waals surface area contributed by atoms with E-state index in [1.54, 1.807) is 4.68 Å². The van der Waals surface area contributed by atoms with Gasteiger partial charge in [0, 0.05) is 6.04 Å². The van der Waals surface area contributed by atoms with Crippen LogP contribution in [0.3, 0.4) is 0 Å². The van der Waals surface area contributed by atoms with Crippen LogP contribution in [-0.4, -0.2) is 45.8 Å². The number of rotatable bonds is 6. The number of sulfone groups is 1. The predicted molar refractivity (Wildman–Crippen MR) is 83.2 cm³/mol. The minimum Gasteiger partial charge on any atom is -0.352 e. The average molecular weight is 341 g/mol. The van der Waals surface area contributed by atoms with Crippen LogP contribution in [0, 0.1) is 0 Å². The van der Waals surface area contributed by atoms with Gasteiger partial charge in [-0.3, -0.25) is 4.79 Å². The SMILES string of the molecule is C[C@@H](C(=O)NC1CCCCC1)S(=O)(=O)Cc1nnnn1C1CC1. The number of nitrogens with zero attached hydrogens (tertiary/aromatic N) is 4. The maximum absolute atomic E-state index is 12.5. The molecule has 0 spiro atoms. The standard InChI is InChI=1S/C14H23N5O3S/c1-10(14(20)15-11-5-3-2-4-6-11)23(21,22)9-13-16-17-18-19(13)12-7-8-12/h10-12H,2-9H2,1H3,(H,15,20)/t10-/m0/s1. The van der Waals surface area contributed by atoms with Crippen molar-refractivity contribution in [3.05, 3.63) is 5.82 Å². The maximum Gasteiger partial charge on any atom is 0.238 e. The van der Waals surface area contributed by atoms with Gasteiger partial charge in [-0.15, -0.1) is 5.10 Å². The summed E-state index contributed by atoms with van der Waals surface area (Å²) in [5.41, 5.74) is 0. The molecule has 1 aromatic heterocycles. The number of hydrogen-bond donors (Lipinski definition) is 1. The minimum atomic E-state index is -3.64. The van der Waals surface area contributed by atoms with Crippen molar-refractivity contribution >= 4 is 15.7 Å². The van der Waals surface area contributed by atoms with Gasteiger partial charge >= 0.3 is 0 Å². The summed E-state index contributed by atoms with van der Waals surface area (Å²) in [5.74, 6) is -0.386. The van der Waals surface area contributed by atoms with Crippen LogP contribution < -0.4 is 5.32 Å². The molecule has 0 unspecified atom stereocenters. The molecular formula is C14H23N5O3S. The zero-order valence-corrected chi connectivity index (χ0v) is 14.1. The molecule has 0 radical (unpaired) electrons. The molecule has 1 atom stereocenters. The number of carbonyl (C=O) groups is 1. The molecule has 128 valence electrons. The van der Waals surface area contributed by atoms with Gasteiger partial charge < -0.3 is 5.32 Å².